The molecule has 100 valence electrons. The SMILES string of the molecule is CCOc1ccccc1CNCc1ccccc1Cl. The number of benzene rings is 2. The van der Waals surface area contributed by atoms with Crippen molar-refractivity contribution in [2.24, 2.45) is 0 Å². The average Bonchev–Trinajstić information content (AvgIpc) is 2.43. The van der Waals surface area contributed by atoms with Crippen LogP contribution in [0.1, 0.15) is 18.1 Å². The van der Waals surface area contributed by atoms with E-state index in [9.17, 15) is 0 Å². The molecule has 2 nitrogen and oxygen atoms in total. The smallest absolute Gasteiger partial charge is 0.123 e. The van der Waals surface area contributed by atoms with Gasteiger partial charge >= 0.3 is 0 Å². The Labute approximate surface area is 119 Å². The molecule has 0 aromatic heterocycles. The number of halogens is 1. The molecule has 19 heavy (non-hydrogen) atoms. The van der Waals surface area contributed by atoms with Gasteiger partial charge in [-0.15, -0.1) is 0 Å². The van der Waals surface area contributed by atoms with Gasteiger partial charge in [-0.25, -0.2) is 0 Å². The molecule has 0 aliphatic heterocycles. The van der Waals surface area contributed by atoms with Gasteiger partial charge in [-0.1, -0.05) is 48.0 Å². The lowest BCUT2D eigenvalue weighted by molar-refractivity contribution is 0.335. The first-order valence-electron chi connectivity index (χ1n) is 6.46. The Bertz CT molecular complexity index is 528. The molecule has 0 aliphatic rings. The summed E-state index contributed by atoms with van der Waals surface area (Å²) in [6, 6.07) is 16.0. The van der Waals surface area contributed by atoms with Crippen LogP contribution in [0.15, 0.2) is 48.5 Å². The molecule has 2 rings (SSSR count). The van der Waals surface area contributed by atoms with E-state index in [4.69, 9.17) is 16.3 Å². The minimum Gasteiger partial charge on any atom is -0.494 e. The Morgan fingerprint density at radius 1 is 0.947 bits per heavy atom. The molecule has 0 radical (unpaired) electrons. The lowest BCUT2D eigenvalue weighted by atomic mass is 10.2. The molecule has 0 atom stereocenters. The molecule has 0 amide bonds. The number of rotatable bonds is 6. The van der Waals surface area contributed by atoms with Crippen LogP contribution in [0, 0.1) is 0 Å². The average molecular weight is 276 g/mol. The monoisotopic (exact) mass is 275 g/mol. The van der Waals surface area contributed by atoms with Gasteiger partial charge in [0, 0.05) is 23.7 Å². The molecule has 2 aromatic carbocycles. The maximum absolute atomic E-state index is 6.12. The molecule has 0 saturated carbocycles. The van der Waals surface area contributed by atoms with Crippen molar-refractivity contribution in [2.75, 3.05) is 6.61 Å². The van der Waals surface area contributed by atoms with E-state index in [1.807, 2.05) is 49.4 Å². The second-order valence-corrected chi connectivity index (χ2v) is 4.64. The highest BCUT2D eigenvalue weighted by molar-refractivity contribution is 6.31. The highest BCUT2D eigenvalue weighted by atomic mass is 35.5. The summed E-state index contributed by atoms with van der Waals surface area (Å²) < 4.78 is 5.60. The second kappa shape index (κ2) is 7.17. The molecule has 0 fully saturated rings. The van der Waals surface area contributed by atoms with Crippen molar-refractivity contribution in [3.8, 4) is 5.75 Å². The third-order valence-corrected chi connectivity index (χ3v) is 3.23. The molecule has 0 aliphatic carbocycles. The van der Waals surface area contributed by atoms with Crippen molar-refractivity contribution >= 4 is 11.6 Å². The zero-order valence-corrected chi connectivity index (χ0v) is 11.8. The summed E-state index contributed by atoms with van der Waals surface area (Å²) in [7, 11) is 0. The number of nitrogens with one attached hydrogen (secondary N) is 1. The van der Waals surface area contributed by atoms with Crippen LogP contribution < -0.4 is 10.1 Å². The Hall–Kier alpha value is -1.51. The van der Waals surface area contributed by atoms with Crippen LogP contribution >= 0.6 is 11.6 Å². The summed E-state index contributed by atoms with van der Waals surface area (Å²) in [6.07, 6.45) is 0. The van der Waals surface area contributed by atoms with Gasteiger partial charge in [0.2, 0.25) is 0 Å². The topological polar surface area (TPSA) is 21.3 Å². The minimum absolute atomic E-state index is 0.682. The lowest BCUT2D eigenvalue weighted by Gasteiger charge is -2.11. The van der Waals surface area contributed by atoms with Crippen molar-refractivity contribution in [2.45, 2.75) is 20.0 Å². The first-order chi connectivity index (χ1) is 9.31. The minimum atomic E-state index is 0.682. The Morgan fingerprint density at radius 3 is 2.32 bits per heavy atom. The van der Waals surface area contributed by atoms with Crippen molar-refractivity contribution < 1.29 is 4.74 Å². The first-order valence-corrected chi connectivity index (χ1v) is 6.84. The van der Waals surface area contributed by atoms with Crippen LogP contribution in [0.2, 0.25) is 5.02 Å². The molecular weight excluding hydrogens is 258 g/mol. The highest BCUT2D eigenvalue weighted by Gasteiger charge is 2.03. The van der Waals surface area contributed by atoms with Gasteiger partial charge in [0.25, 0.3) is 0 Å². The van der Waals surface area contributed by atoms with Crippen molar-refractivity contribution in [3.05, 3.63) is 64.7 Å². The fraction of sp³-hybridized carbons (Fsp3) is 0.250. The van der Waals surface area contributed by atoms with Gasteiger partial charge in [-0.3, -0.25) is 0 Å². The third kappa shape index (κ3) is 3.98. The van der Waals surface area contributed by atoms with Gasteiger partial charge in [-0.2, -0.15) is 0 Å². The summed E-state index contributed by atoms with van der Waals surface area (Å²) in [5, 5.41) is 4.19. The standard InChI is InChI=1S/C16H18ClNO/c1-2-19-16-10-6-4-8-14(16)12-18-11-13-7-3-5-9-15(13)17/h3-10,18H,2,11-12H2,1H3. The van der Waals surface area contributed by atoms with Crippen LogP contribution in [-0.4, -0.2) is 6.61 Å². The quantitative estimate of drug-likeness (QED) is 0.859. The van der Waals surface area contributed by atoms with Gasteiger partial charge in [0.15, 0.2) is 0 Å². The number of hydrogen-bond acceptors (Lipinski definition) is 2. The Morgan fingerprint density at radius 2 is 1.58 bits per heavy atom. The van der Waals surface area contributed by atoms with Gasteiger partial charge in [0.05, 0.1) is 6.61 Å². The van der Waals surface area contributed by atoms with Gasteiger partial charge < -0.3 is 10.1 Å². The van der Waals surface area contributed by atoms with Crippen molar-refractivity contribution in [1.29, 1.82) is 0 Å². The fourth-order valence-corrected chi connectivity index (χ4v) is 2.12. The number of ether oxygens (including phenoxy) is 1. The van der Waals surface area contributed by atoms with E-state index in [0.29, 0.717) is 6.61 Å². The largest absolute Gasteiger partial charge is 0.494 e. The van der Waals surface area contributed by atoms with Crippen LogP contribution in [0.4, 0.5) is 0 Å². The number of para-hydroxylation sites is 1. The molecular formula is C16H18ClNO. The normalized spacial score (nSPS) is 10.4. The van der Waals surface area contributed by atoms with Gasteiger partial charge in [-0.05, 0) is 24.6 Å². The summed E-state index contributed by atoms with van der Waals surface area (Å²) in [6.45, 7) is 4.19. The molecule has 0 spiro atoms. The van der Waals surface area contributed by atoms with E-state index in [1.165, 1.54) is 0 Å². The maximum Gasteiger partial charge on any atom is 0.123 e. The molecule has 0 saturated heterocycles. The van der Waals surface area contributed by atoms with Crippen LogP contribution in [0.25, 0.3) is 0 Å². The summed E-state index contributed by atoms with van der Waals surface area (Å²) in [4.78, 5) is 0. The summed E-state index contributed by atoms with van der Waals surface area (Å²) in [5.74, 6) is 0.941. The van der Waals surface area contributed by atoms with E-state index < -0.39 is 0 Å². The van der Waals surface area contributed by atoms with Crippen molar-refractivity contribution in [3.63, 3.8) is 0 Å². The predicted molar refractivity (Wildman–Crippen MR) is 79.6 cm³/mol. The zero-order chi connectivity index (χ0) is 13.5. The highest BCUT2D eigenvalue weighted by Crippen LogP contribution is 2.18. The van der Waals surface area contributed by atoms with E-state index in [-0.39, 0.29) is 0 Å². The number of hydrogen-bond donors (Lipinski definition) is 1. The maximum atomic E-state index is 6.12. The summed E-state index contributed by atoms with van der Waals surface area (Å²) >= 11 is 6.12. The molecule has 0 unspecified atom stereocenters. The van der Waals surface area contributed by atoms with Crippen molar-refractivity contribution in [1.82, 2.24) is 5.32 Å². The zero-order valence-electron chi connectivity index (χ0n) is 11.0. The van der Waals surface area contributed by atoms with E-state index >= 15 is 0 Å². The molecule has 2 aromatic rings. The lowest BCUT2D eigenvalue weighted by Crippen LogP contribution is -2.13. The molecule has 0 bridgehead atoms. The van der Waals surface area contributed by atoms with E-state index in [1.54, 1.807) is 0 Å². The van der Waals surface area contributed by atoms with Gasteiger partial charge in [0.1, 0.15) is 5.75 Å². The molecule has 3 heteroatoms. The first kappa shape index (κ1) is 13.9. The summed E-state index contributed by atoms with van der Waals surface area (Å²) in [5.41, 5.74) is 2.27. The van der Waals surface area contributed by atoms with Crippen LogP contribution in [-0.2, 0) is 13.1 Å². The van der Waals surface area contributed by atoms with E-state index in [0.717, 1.165) is 35.0 Å². The fourth-order valence-electron chi connectivity index (χ4n) is 1.92. The van der Waals surface area contributed by atoms with Crippen LogP contribution in [0.5, 0.6) is 5.75 Å². The van der Waals surface area contributed by atoms with Crippen LogP contribution in [0.3, 0.4) is 0 Å². The Kier molecular flexibility index (Phi) is 5.25. The Balaban J connectivity index is 1.94. The predicted octanol–water partition coefficient (Wildman–Crippen LogP) is 4.03. The molecule has 1 N–H and O–H groups in total. The third-order valence-electron chi connectivity index (χ3n) is 2.86. The molecule has 0 heterocycles. The second-order valence-electron chi connectivity index (χ2n) is 4.24. The van der Waals surface area contributed by atoms with E-state index in [2.05, 4.69) is 11.4 Å².